The van der Waals surface area contributed by atoms with Crippen molar-refractivity contribution in [1.82, 2.24) is 5.32 Å². The molecule has 1 fully saturated rings. The van der Waals surface area contributed by atoms with Crippen molar-refractivity contribution in [2.75, 3.05) is 0 Å². The van der Waals surface area contributed by atoms with E-state index in [-0.39, 0.29) is 11.9 Å². The molecule has 1 saturated carbocycles. The average Bonchev–Trinajstić information content (AvgIpc) is 2.72. The molecule has 1 aliphatic rings. The second-order valence-corrected chi connectivity index (χ2v) is 7.67. The third kappa shape index (κ3) is 2.46. The number of thiophene rings is 1. The van der Waals surface area contributed by atoms with E-state index < -0.39 is 23.2 Å². The van der Waals surface area contributed by atoms with Crippen molar-refractivity contribution in [3.05, 3.63) is 21.4 Å². The summed E-state index contributed by atoms with van der Waals surface area (Å²) in [5.41, 5.74) is 0.668. The van der Waals surface area contributed by atoms with Crippen LogP contribution >= 0.6 is 11.3 Å². The molecule has 20 heavy (non-hydrogen) atoms. The number of hydrogen-bond acceptors (Lipinski definition) is 3. The smallest absolute Gasteiger partial charge is 0.307 e. The Labute approximate surface area is 123 Å². The van der Waals surface area contributed by atoms with Gasteiger partial charge >= 0.3 is 5.97 Å². The van der Waals surface area contributed by atoms with E-state index >= 15 is 0 Å². The molecule has 1 unspecified atom stereocenters. The lowest BCUT2D eigenvalue weighted by Crippen LogP contribution is -2.30. The molecule has 1 aromatic rings. The molecule has 110 valence electrons. The Morgan fingerprint density at radius 3 is 2.35 bits per heavy atom. The number of aryl methyl sites for hydroxylation is 2. The van der Waals surface area contributed by atoms with Gasteiger partial charge in [0.05, 0.1) is 17.9 Å². The zero-order chi connectivity index (χ0) is 15.2. The van der Waals surface area contributed by atoms with Gasteiger partial charge in [-0.1, -0.05) is 13.8 Å². The van der Waals surface area contributed by atoms with Crippen molar-refractivity contribution >= 4 is 23.2 Å². The molecule has 0 saturated heterocycles. The minimum absolute atomic E-state index is 0.0849. The molecule has 0 radical (unpaired) electrons. The van der Waals surface area contributed by atoms with Gasteiger partial charge in [0.25, 0.3) is 0 Å². The molecule has 0 spiro atoms. The van der Waals surface area contributed by atoms with Gasteiger partial charge in [0.1, 0.15) is 0 Å². The highest BCUT2D eigenvalue weighted by Crippen LogP contribution is 2.58. The number of amides is 1. The Kier molecular flexibility index (Phi) is 3.67. The van der Waals surface area contributed by atoms with Crippen molar-refractivity contribution in [2.24, 2.45) is 17.3 Å². The molecule has 1 aliphatic carbocycles. The standard InChI is InChI=1S/C15H21NO3S/c1-7-6-10(9(3)20-7)8(2)16-13(17)11-12(14(18)19)15(11,4)5/h6,8,11-12H,1-5H3,(H,16,17)(H,18,19)/t8?,11-,12+/m1/s1. The zero-order valence-electron chi connectivity index (χ0n) is 12.5. The maximum atomic E-state index is 12.3. The number of nitrogens with one attached hydrogen (secondary N) is 1. The fraction of sp³-hybridized carbons (Fsp3) is 0.600. The van der Waals surface area contributed by atoms with Crippen LogP contribution in [0.15, 0.2) is 6.07 Å². The van der Waals surface area contributed by atoms with Crippen molar-refractivity contribution in [3.63, 3.8) is 0 Å². The molecule has 0 aromatic carbocycles. The third-order valence-electron chi connectivity index (χ3n) is 4.28. The first kappa shape index (κ1) is 15.0. The molecule has 1 aromatic heterocycles. The van der Waals surface area contributed by atoms with E-state index in [1.54, 1.807) is 11.3 Å². The summed E-state index contributed by atoms with van der Waals surface area (Å²) in [5.74, 6) is -2.04. The van der Waals surface area contributed by atoms with E-state index in [4.69, 9.17) is 5.11 Å². The number of carboxylic acids is 1. The van der Waals surface area contributed by atoms with Gasteiger partial charge in [-0.3, -0.25) is 9.59 Å². The topological polar surface area (TPSA) is 66.4 Å². The Balaban J connectivity index is 2.06. The van der Waals surface area contributed by atoms with Gasteiger partial charge in [0, 0.05) is 9.75 Å². The molecule has 1 amide bonds. The number of carbonyl (C=O) groups excluding carboxylic acids is 1. The van der Waals surface area contributed by atoms with Crippen LogP contribution in [0.4, 0.5) is 0 Å². The van der Waals surface area contributed by atoms with Crippen LogP contribution < -0.4 is 5.32 Å². The van der Waals surface area contributed by atoms with Gasteiger partial charge in [0.15, 0.2) is 0 Å². The second-order valence-electron chi connectivity index (χ2n) is 6.21. The van der Waals surface area contributed by atoms with Crippen LogP contribution in [-0.4, -0.2) is 17.0 Å². The Morgan fingerprint density at radius 2 is 1.95 bits per heavy atom. The fourth-order valence-electron chi connectivity index (χ4n) is 3.05. The highest BCUT2D eigenvalue weighted by Gasteiger charge is 2.65. The van der Waals surface area contributed by atoms with E-state index in [1.165, 1.54) is 9.75 Å². The third-order valence-corrected chi connectivity index (χ3v) is 5.26. The monoisotopic (exact) mass is 295 g/mol. The lowest BCUT2D eigenvalue weighted by atomic mass is 10.1. The summed E-state index contributed by atoms with van der Waals surface area (Å²) < 4.78 is 0. The minimum atomic E-state index is -0.884. The molecule has 3 atom stereocenters. The fourth-order valence-corrected chi connectivity index (χ4v) is 4.07. The predicted molar refractivity (Wildman–Crippen MR) is 78.7 cm³/mol. The molecule has 0 bridgehead atoms. The van der Waals surface area contributed by atoms with E-state index in [1.807, 2.05) is 34.6 Å². The predicted octanol–water partition coefficient (Wildman–Crippen LogP) is 2.90. The van der Waals surface area contributed by atoms with E-state index in [2.05, 4.69) is 11.4 Å². The summed E-state index contributed by atoms with van der Waals surface area (Å²) in [5, 5.41) is 12.1. The van der Waals surface area contributed by atoms with Crippen molar-refractivity contribution in [1.29, 1.82) is 0 Å². The molecular formula is C15H21NO3S. The molecule has 2 N–H and O–H groups in total. The lowest BCUT2D eigenvalue weighted by Gasteiger charge is -2.14. The second kappa shape index (κ2) is 4.88. The Morgan fingerprint density at radius 1 is 1.35 bits per heavy atom. The van der Waals surface area contributed by atoms with Crippen LogP contribution in [0.2, 0.25) is 0 Å². The minimum Gasteiger partial charge on any atom is -0.481 e. The van der Waals surface area contributed by atoms with Gasteiger partial charge in [-0.15, -0.1) is 11.3 Å². The summed E-state index contributed by atoms with van der Waals surface area (Å²) in [6.07, 6.45) is 0. The lowest BCUT2D eigenvalue weighted by molar-refractivity contribution is -0.140. The maximum Gasteiger partial charge on any atom is 0.307 e. The van der Waals surface area contributed by atoms with Crippen molar-refractivity contribution < 1.29 is 14.7 Å². The quantitative estimate of drug-likeness (QED) is 0.897. The molecule has 0 aliphatic heterocycles. The van der Waals surface area contributed by atoms with E-state index in [0.29, 0.717) is 0 Å². The maximum absolute atomic E-state index is 12.3. The molecular weight excluding hydrogens is 274 g/mol. The first-order chi connectivity index (χ1) is 9.16. The van der Waals surface area contributed by atoms with Crippen LogP contribution in [0.5, 0.6) is 0 Å². The van der Waals surface area contributed by atoms with Crippen LogP contribution in [0.1, 0.15) is 42.1 Å². The summed E-state index contributed by atoms with van der Waals surface area (Å²) in [6, 6.07) is 2.00. The summed E-state index contributed by atoms with van der Waals surface area (Å²) in [4.78, 5) is 25.8. The molecule has 5 heteroatoms. The highest BCUT2D eigenvalue weighted by atomic mass is 32.1. The van der Waals surface area contributed by atoms with Gasteiger partial charge in [-0.05, 0) is 37.8 Å². The van der Waals surface area contributed by atoms with Crippen LogP contribution in [-0.2, 0) is 9.59 Å². The largest absolute Gasteiger partial charge is 0.481 e. The number of carbonyl (C=O) groups is 2. The van der Waals surface area contributed by atoms with Crippen molar-refractivity contribution in [2.45, 2.75) is 40.7 Å². The number of hydrogen-bond donors (Lipinski definition) is 2. The highest BCUT2D eigenvalue weighted by molar-refractivity contribution is 7.12. The summed E-state index contributed by atoms with van der Waals surface area (Å²) >= 11 is 1.71. The molecule has 4 nitrogen and oxygen atoms in total. The van der Waals surface area contributed by atoms with E-state index in [0.717, 1.165) is 5.56 Å². The normalized spacial score (nSPS) is 25.1. The molecule has 1 heterocycles. The summed E-state index contributed by atoms with van der Waals surface area (Å²) in [6.45, 7) is 9.69. The number of aliphatic carboxylic acids is 1. The van der Waals surface area contributed by atoms with Crippen LogP contribution in [0, 0.1) is 31.1 Å². The first-order valence-corrected chi connectivity index (χ1v) is 7.58. The Hall–Kier alpha value is -1.36. The van der Waals surface area contributed by atoms with Crippen LogP contribution in [0.25, 0.3) is 0 Å². The van der Waals surface area contributed by atoms with Crippen LogP contribution in [0.3, 0.4) is 0 Å². The van der Waals surface area contributed by atoms with Gasteiger partial charge in [-0.2, -0.15) is 0 Å². The van der Waals surface area contributed by atoms with E-state index in [9.17, 15) is 9.59 Å². The Bertz CT molecular complexity index is 561. The number of carboxylic acid groups (broad SMARTS) is 1. The van der Waals surface area contributed by atoms with Gasteiger partial charge < -0.3 is 10.4 Å². The SMILES string of the molecule is Cc1cc(C(C)NC(=O)[C@H]2[C@@H](C(=O)O)C2(C)C)c(C)s1. The zero-order valence-corrected chi connectivity index (χ0v) is 13.3. The average molecular weight is 295 g/mol. The van der Waals surface area contributed by atoms with Gasteiger partial charge in [0.2, 0.25) is 5.91 Å². The van der Waals surface area contributed by atoms with Crippen molar-refractivity contribution in [3.8, 4) is 0 Å². The summed E-state index contributed by atoms with van der Waals surface area (Å²) in [7, 11) is 0. The number of rotatable bonds is 4. The van der Waals surface area contributed by atoms with Gasteiger partial charge in [-0.25, -0.2) is 0 Å². The first-order valence-electron chi connectivity index (χ1n) is 6.76. The molecule has 2 rings (SSSR count).